The normalized spacial score (nSPS) is 10.3. The van der Waals surface area contributed by atoms with E-state index in [2.05, 4.69) is 33.0 Å². The van der Waals surface area contributed by atoms with E-state index in [1.807, 2.05) is 18.2 Å². The number of benzene rings is 1. The second kappa shape index (κ2) is 6.02. The number of aromatic nitrogens is 1. The predicted octanol–water partition coefficient (Wildman–Crippen LogP) is 3.83. The zero-order valence-corrected chi connectivity index (χ0v) is 11.7. The molecule has 1 heterocycles. The number of halogens is 1. The van der Waals surface area contributed by atoms with Crippen LogP contribution in [0.4, 0.5) is 0 Å². The van der Waals surface area contributed by atoms with E-state index in [0.717, 1.165) is 10.6 Å². The number of carboxylic acids is 1. The van der Waals surface area contributed by atoms with Crippen molar-refractivity contribution in [1.29, 1.82) is 0 Å². The number of carboxylic acid groups (broad SMARTS) is 1. The molecule has 1 aromatic carbocycles. The van der Waals surface area contributed by atoms with E-state index < -0.39 is 5.97 Å². The average molecular weight is 324 g/mol. The third-order valence-corrected chi connectivity index (χ3v) is 4.26. The van der Waals surface area contributed by atoms with Gasteiger partial charge in [-0.3, -0.25) is 0 Å². The SMILES string of the molecule is O=C(O)c1ccc(SCc2ccccc2)c(Br)n1. The highest BCUT2D eigenvalue weighted by Crippen LogP contribution is 2.28. The molecule has 0 fully saturated rings. The highest BCUT2D eigenvalue weighted by atomic mass is 79.9. The Bertz CT molecular complexity index is 560. The van der Waals surface area contributed by atoms with Gasteiger partial charge in [0.2, 0.25) is 0 Å². The van der Waals surface area contributed by atoms with Gasteiger partial charge in [-0.25, -0.2) is 9.78 Å². The highest BCUT2D eigenvalue weighted by Gasteiger charge is 2.08. The third kappa shape index (κ3) is 3.34. The quantitative estimate of drug-likeness (QED) is 0.686. The summed E-state index contributed by atoms with van der Waals surface area (Å²) in [4.78, 5) is 15.7. The van der Waals surface area contributed by atoms with Crippen molar-refractivity contribution in [3.8, 4) is 0 Å². The van der Waals surface area contributed by atoms with E-state index in [1.165, 1.54) is 11.6 Å². The molecule has 1 N–H and O–H groups in total. The van der Waals surface area contributed by atoms with E-state index in [0.29, 0.717) is 4.60 Å². The fourth-order valence-corrected chi connectivity index (χ4v) is 2.89. The second-order valence-electron chi connectivity index (χ2n) is 3.56. The van der Waals surface area contributed by atoms with Crippen LogP contribution >= 0.6 is 27.7 Å². The molecule has 0 saturated carbocycles. The van der Waals surface area contributed by atoms with Gasteiger partial charge in [0, 0.05) is 10.6 Å². The van der Waals surface area contributed by atoms with Gasteiger partial charge in [-0.15, -0.1) is 11.8 Å². The number of hydrogen-bond donors (Lipinski definition) is 1. The molecule has 0 atom stereocenters. The van der Waals surface area contributed by atoms with Crippen LogP contribution in [0.3, 0.4) is 0 Å². The Morgan fingerprint density at radius 3 is 2.56 bits per heavy atom. The molecule has 1 aromatic heterocycles. The van der Waals surface area contributed by atoms with E-state index in [-0.39, 0.29) is 5.69 Å². The first-order valence-electron chi connectivity index (χ1n) is 5.23. The molecule has 0 radical (unpaired) electrons. The average Bonchev–Trinajstić information content (AvgIpc) is 2.38. The smallest absolute Gasteiger partial charge is 0.354 e. The number of thioether (sulfide) groups is 1. The molecular weight excluding hydrogens is 314 g/mol. The Labute approximate surface area is 117 Å². The van der Waals surface area contributed by atoms with Crippen molar-refractivity contribution in [1.82, 2.24) is 4.98 Å². The lowest BCUT2D eigenvalue weighted by molar-refractivity contribution is 0.0690. The first-order valence-corrected chi connectivity index (χ1v) is 7.01. The molecule has 0 saturated heterocycles. The standard InChI is InChI=1S/C13H10BrNO2S/c14-12-11(7-6-10(15-12)13(16)17)18-8-9-4-2-1-3-5-9/h1-7H,8H2,(H,16,17). The Kier molecular flexibility index (Phi) is 4.38. The minimum atomic E-state index is -1.02. The Balaban J connectivity index is 2.08. The van der Waals surface area contributed by atoms with Crippen LogP contribution in [-0.4, -0.2) is 16.1 Å². The number of pyridine rings is 1. The summed E-state index contributed by atoms with van der Waals surface area (Å²) in [5.74, 6) is -0.191. The lowest BCUT2D eigenvalue weighted by Gasteiger charge is -2.04. The van der Waals surface area contributed by atoms with Gasteiger partial charge in [0.25, 0.3) is 0 Å². The van der Waals surface area contributed by atoms with Crippen LogP contribution in [0.1, 0.15) is 16.1 Å². The van der Waals surface area contributed by atoms with Crippen molar-refractivity contribution < 1.29 is 9.90 Å². The van der Waals surface area contributed by atoms with Crippen molar-refractivity contribution in [2.24, 2.45) is 0 Å². The highest BCUT2D eigenvalue weighted by molar-refractivity contribution is 9.10. The summed E-state index contributed by atoms with van der Waals surface area (Å²) < 4.78 is 0.573. The third-order valence-electron chi connectivity index (χ3n) is 2.27. The Morgan fingerprint density at radius 1 is 1.22 bits per heavy atom. The summed E-state index contributed by atoms with van der Waals surface area (Å²) in [6.45, 7) is 0. The molecule has 5 heteroatoms. The van der Waals surface area contributed by atoms with Crippen molar-refractivity contribution in [2.75, 3.05) is 0 Å². The Hall–Kier alpha value is -1.33. The van der Waals surface area contributed by atoms with Crippen LogP contribution < -0.4 is 0 Å². The van der Waals surface area contributed by atoms with Crippen molar-refractivity contribution in [2.45, 2.75) is 10.6 Å². The van der Waals surface area contributed by atoms with Crippen molar-refractivity contribution >= 4 is 33.7 Å². The van der Waals surface area contributed by atoms with Crippen LogP contribution in [-0.2, 0) is 5.75 Å². The van der Waals surface area contributed by atoms with Gasteiger partial charge in [0.1, 0.15) is 10.3 Å². The molecule has 2 aromatic rings. The Morgan fingerprint density at radius 2 is 1.94 bits per heavy atom. The first-order chi connectivity index (χ1) is 8.66. The number of hydrogen-bond acceptors (Lipinski definition) is 3. The molecule has 18 heavy (non-hydrogen) atoms. The number of nitrogens with zero attached hydrogens (tertiary/aromatic N) is 1. The minimum Gasteiger partial charge on any atom is -0.477 e. The molecule has 3 nitrogen and oxygen atoms in total. The van der Waals surface area contributed by atoms with E-state index in [1.54, 1.807) is 17.8 Å². The minimum absolute atomic E-state index is 0.0472. The van der Waals surface area contributed by atoms with Crippen LogP contribution in [0, 0.1) is 0 Å². The fraction of sp³-hybridized carbons (Fsp3) is 0.0769. The molecule has 0 amide bonds. The summed E-state index contributed by atoms with van der Waals surface area (Å²) in [7, 11) is 0. The maximum Gasteiger partial charge on any atom is 0.354 e. The monoisotopic (exact) mass is 323 g/mol. The summed E-state index contributed by atoms with van der Waals surface area (Å²) in [5, 5.41) is 8.82. The number of aromatic carboxylic acids is 1. The van der Waals surface area contributed by atoms with Gasteiger partial charge in [-0.2, -0.15) is 0 Å². The topological polar surface area (TPSA) is 50.2 Å². The lowest BCUT2D eigenvalue weighted by Crippen LogP contribution is -2.00. The maximum absolute atomic E-state index is 10.8. The molecular formula is C13H10BrNO2S. The number of rotatable bonds is 4. The zero-order valence-electron chi connectivity index (χ0n) is 9.34. The van der Waals surface area contributed by atoms with Gasteiger partial charge in [-0.1, -0.05) is 30.3 Å². The van der Waals surface area contributed by atoms with Gasteiger partial charge in [0.15, 0.2) is 0 Å². The van der Waals surface area contributed by atoms with Crippen molar-refractivity contribution in [3.05, 3.63) is 58.3 Å². The van der Waals surface area contributed by atoms with Crippen LogP contribution in [0.5, 0.6) is 0 Å². The lowest BCUT2D eigenvalue weighted by atomic mass is 10.2. The van der Waals surface area contributed by atoms with Crippen LogP contribution in [0.25, 0.3) is 0 Å². The molecule has 0 aliphatic heterocycles. The van der Waals surface area contributed by atoms with E-state index in [9.17, 15) is 4.79 Å². The van der Waals surface area contributed by atoms with Gasteiger partial charge in [-0.05, 0) is 33.6 Å². The molecule has 0 aliphatic carbocycles. The van der Waals surface area contributed by atoms with E-state index >= 15 is 0 Å². The molecule has 0 spiro atoms. The maximum atomic E-state index is 10.8. The van der Waals surface area contributed by atoms with Crippen LogP contribution in [0.2, 0.25) is 0 Å². The summed E-state index contributed by atoms with van der Waals surface area (Å²) in [6.07, 6.45) is 0. The summed E-state index contributed by atoms with van der Waals surface area (Å²) >= 11 is 4.91. The largest absolute Gasteiger partial charge is 0.477 e. The molecule has 0 aliphatic rings. The van der Waals surface area contributed by atoms with Gasteiger partial charge in [0.05, 0.1) is 0 Å². The van der Waals surface area contributed by atoms with Gasteiger partial charge < -0.3 is 5.11 Å². The first kappa shape index (κ1) is 13.1. The van der Waals surface area contributed by atoms with Crippen LogP contribution in [0.15, 0.2) is 52.0 Å². The van der Waals surface area contributed by atoms with E-state index in [4.69, 9.17) is 5.11 Å². The predicted molar refractivity (Wildman–Crippen MR) is 74.9 cm³/mol. The van der Waals surface area contributed by atoms with Crippen molar-refractivity contribution in [3.63, 3.8) is 0 Å². The second-order valence-corrected chi connectivity index (χ2v) is 5.33. The summed E-state index contributed by atoms with van der Waals surface area (Å²) in [5.41, 5.74) is 1.27. The van der Waals surface area contributed by atoms with Gasteiger partial charge >= 0.3 is 5.97 Å². The molecule has 2 rings (SSSR count). The zero-order chi connectivity index (χ0) is 13.0. The molecule has 0 unspecified atom stereocenters. The number of carbonyl (C=O) groups is 1. The fourth-order valence-electron chi connectivity index (χ4n) is 1.38. The summed E-state index contributed by atoms with van der Waals surface area (Å²) in [6, 6.07) is 13.4. The molecule has 92 valence electrons. The molecule has 0 bridgehead atoms.